The van der Waals surface area contributed by atoms with E-state index in [-0.39, 0.29) is 17.3 Å². The van der Waals surface area contributed by atoms with E-state index in [0.29, 0.717) is 21.2 Å². The van der Waals surface area contributed by atoms with Crippen molar-refractivity contribution in [1.29, 1.82) is 0 Å². The van der Waals surface area contributed by atoms with Crippen molar-refractivity contribution in [2.75, 3.05) is 0 Å². The molecule has 0 atom stereocenters. The summed E-state index contributed by atoms with van der Waals surface area (Å²) >= 11 is 11.5. The minimum absolute atomic E-state index is 0.0340. The Kier molecular flexibility index (Phi) is 7.12. The third kappa shape index (κ3) is 5.86. The van der Waals surface area contributed by atoms with E-state index >= 15 is 0 Å². The van der Waals surface area contributed by atoms with Gasteiger partial charge in [-0.05, 0) is 83.9 Å². The number of carbonyl (C=O) groups is 1. The van der Waals surface area contributed by atoms with E-state index in [1.54, 1.807) is 72.8 Å². The zero-order chi connectivity index (χ0) is 21.5. The Morgan fingerprint density at radius 1 is 0.500 bits per heavy atom. The average molecular weight is 437 g/mol. The van der Waals surface area contributed by atoms with Gasteiger partial charge in [0.15, 0.2) is 5.78 Å². The quantitative estimate of drug-likeness (QED) is 0.340. The molecule has 0 amide bonds. The van der Waals surface area contributed by atoms with E-state index in [1.807, 2.05) is 24.3 Å². The molecule has 0 aromatic heterocycles. The molecule has 0 bridgehead atoms. The van der Waals surface area contributed by atoms with Crippen molar-refractivity contribution >= 4 is 29.0 Å². The number of phenolic OH excluding ortho intramolecular Hbond substituents is 2. The Hall–Kier alpha value is -3.27. The number of halogens is 2. The third-order valence-corrected chi connectivity index (χ3v) is 4.78. The maximum Gasteiger partial charge on any atom is 0.193 e. The van der Waals surface area contributed by atoms with Crippen molar-refractivity contribution < 1.29 is 15.0 Å². The average Bonchev–Trinajstić information content (AvgIpc) is 2.76. The maximum absolute atomic E-state index is 12.0. The molecular weight excluding hydrogens is 419 g/mol. The fourth-order valence-corrected chi connectivity index (χ4v) is 2.93. The SMILES string of the molecule is O=C(c1ccc(Cl)cc1)c1ccc(Cl)cc1.Oc1ccc(-c2ccc(O)cc2)cc1. The molecule has 30 heavy (non-hydrogen) atoms. The highest BCUT2D eigenvalue weighted by atomic mass is 35.5. The highest BCUT2D eigenvalue weighted by Gasteiger charge is 2.08. The lowest BCUT2D eigenvalue weighted by Gasteiger charge is -2.01. The van der Waals surface area contributed by atoms with E-state index in [2.05, 4.69) is 0 Å². The molecule has 0 fully saturated rings. The Bertz CT molecular complexity index is 1010. The minimum atomic E-state index is -0.0340. The van der Waals surface area contributed by atoms with Crippen LogP contribution in [0.3, 0.4) is 0 Å². The molecule has 0 aliphatic carbocycles. The second-order valence-electron chi connectivity index (χ2n) is 6.44. The van der Waals surface area contributed by atoms with Crippen molar-refractivity contribution in [2.24, 2.45) is 0 Å². The molecule has 0 unspecified atom stereocenters. The highest BCUT2D eigenvalue weighted by molar-refractivity contribution is 6.31. The topological polar surface area (TPSA) is 57.5 Å². The first kappa shape index (κ1) is 21.4. The van der Waals surface area contributed by atoms with Crippen LogP contribution < -0.4 is 0 Å². The zero-order valence-corrected chi connectivity index (χ0v) is 17.3. The van der Waals surface area contributed by atoms with Gasteiger partial charge in [0.05, 0.1) is 0 Å². The molecule has 0 radical (unpaired) electrons. The van der Waals surface area contributed by atoms with Crippen LogP contribution in [-0.4, -0.2) is 16.0 Å². The fourth-order valence-electron chi connectivity index (χ4n) is 2.68. The Morgan fingerprint density at radius 3 is 1.10 bits per heavy atom. The fraction of sp³-hybridized carbons (Fsp3) is 0. The van der Waals surface area contributed by atoms with Gasteiger partial charge in [0.2, 0.25) is 0 Å². The van der Waals surface area contributed by atoms with Crippen LogP contribution in [0.1, 0.15) is 15.9 Å². The first-order valence-corrected chi connectivity index (χ1v) is 9.82. The molecule has 0 spiro atoms. The third-order valence-electron chi connectivity index (χ3n) is 4.28. The molecule has 4 aromatic carbocycles. The molecule has 2 N–H and O–H groups in total. The Balaban J connectivity index is 0.000000172. The van der Waals surface area contributed by atoms with E-state index in [9.17, 15) is 4.79 Å². The molecule has 3 nitrogen and oxygen atoms in total. The molecular formula is C25H18Cl2O3. The summed E-state index contributed by atoms with van der Waals surface area (Å²) in [5, 5.41) is 19.5. The molecule has 5 heteroatoms. The van der Waals surface area contributed by atoms with Gasteiger partial charge in [-0.15, -0.1) is 0 Å². The van der Waals surface area contributed by atoms with E-state index in [0.717, 1.165) is 11.1 Å². The van der Waals surface area contributed by atoms with Crippen LogP contribution in [0.5, 0.6) is 11.5 Å². The summed E-state index contributed by atoms with van der Waals surface area (Å²) in [6.07, 6.45) is 0. The normalized spacial score (nSPS) is 10.1. The van der Waals surface area contributed by atoms with Gasteiger partial charge in [-0.25, -0.2) is 0 Å². The lowest BCUT2D eigenvalue weighted by molar-refractivity contribution is 0.103. The van der Waals surface area contributed by atoms with Gasteiger partial charge in [-0.1, -0.05) is 47.5 Å². The van der Waals surface area contributed by atoms with Crippen molar-refractivity contribution in [3.63, 3.8) is 0 Å². The summed E-state index contributed by atoms with van der Waals surface area (Å²) < 4.78 is 0. The first-order chi connectivity index (χ1) is 14.4. The number of aromatic hydroxyl groups is 2. The maximum atomic E-state index is 12.0. The van der Waals surface area contributed by atoms with Gasteiger partial charge >= 0.3 is 0 Å². The molecule has 150 valence electrons. The zero-order valence-electron chi connectivity index (χ0n) is 15.8. The molecule has 0 aliphatic heterocycles. The Labute approximate surface area is 184 Å². The second-order valence-corrected chi connectivity index (χ2v) is 7.31. The number of carbonyl (C=O) groups excluding carboxylic acids is 1. The monoisotopic (exact) mass is 436 g/mol. The van der Waals surface area contributed by atoms with Gasteiger partial charge < -0.3 is 10.2 Å². The predicted molar refractivity (Wildman–Crippen MR) is 122 cm³/mol. The first-order valence-electron chi connectivity index (χ1n) is 9.06. The lowest BCUT2D eigenvalue weighted by Crippen LogP contribution is -2.00. The minimum Gasteiger partial charge on any atom is -0.508 e. The van der Waals surface area contributed by atoms with Crippen LogP contribution in [0.4, 0.5) is 0 Å². The number of rotatable bonds is 3. The standard InChI is InChI=1S/C13H8Cl2O.C12H10O2/c14-11-5-1-9(2-6-11)13(16)10-3-7-12(15)8-4-10;13-11-5-1-9(2-6-11)10-3-7-12(14)8-4-10/h1-8H;1-8,13-14H. The number of phenols is 2. The van der Waals surface area contributed by atoms with Crippen LogP contribution in [0.15, 0.2) is 97.1 Å². The smallest absolute Gasteiger partial charge is 0.193 e. The molecule has 0 aliphatic rings. The van der Waals surface area contributed by atoms with Crippen LogP contribution in [0, 0.1) is 0 Å². The van der Waals surface area contributed by atoms with Crippen molar-refractivity contribution in [3.05, 3.63) is 118 Å². The van der Waals surface area contributed by atoms with Gasteiger partial charge in [0.1, 0.15) is 11.5 Å². The van der Waals surface area contributed by atoms with E-state index < -0.39 is 0 Å². The summed E-state index contributed by atoms with van der Waals surface area (Å²) in [4.78, 5) is 12.0. The number of ketones is 1. The number of hydrogen-bond donors (Lipinski definition) is 2. The van der Waals surface area contributed by atoms with E-state index in [1.165, 1.54) is 0 Å². The van der Waals surface area contributed by atoms with Gasteiger partial charge in [-0.3, -0.25) is 4.79 Å². The Morgan fingerprint density at radius 2 is 0.800 bits per heavy atom. The molecule has 0 saturated heterocycles. The summed E-state index contributed by atoms with van der Waals surface area (Å²) in [5.74, 6) is 0.480. The summed E-state index contributed by atoms with van der Waals surface area (Å²) in [6.45, 7) is 0. The van der Waals surface area contributed by atoms with Crippen molar-refractivity contribution in [2.45, 2.75) is 0 Å². The van der Waals surface area contributed by atoms with Gasteiger partial charge in [0.25, 0.3) is 0 Å². The second kappa shape index (κ2) is 9.97. The summed E-state index contributed by atoms with van der Waals surface area (Å²) in [7, 11) is 0. The van der Waals surface area contributed by atoms with Crippen LogP contribution in [0.25, 0.3) is 11.1 Å². The highest BCUT2D eigenvalue weighted by Crippen LogP contribution is 2.23. The van der Waals surface area contributed by atoms with Crippen LogP contribution in [-0.2, 0) is 0 Å². The largest absolute Gasteiger partial charge is 0.508 e. The van der Waals surface area contributed by atoms with Crippen LogP contribution >= 0.6 is 23.2 Å². The van der Waals surface area contributed by atoms with Crippen molar-refractivity contribution in [3.8, 4) is 22.6 Å². The number of hydrogen-bond acceptors (Lipinski definition) is 3. The molecule has 0 saturated carbocycles. The summed E-state index contributed by atoms with van der Waals surface area (Å²) in [6, 6.07) is 27.5. The molecule has 4 rings (SSSR count). The lowest BCUT2D eigenvalue weighted by atomic mass is 10.0. The van der Waals surface area contributed by atoms with Gasteiger partial charge in [-0.2, -0.15) is 0 Å². The molecule has 0 heterocycles. The predicted octanol–water partition coefficient (Wildman–Crippen LogP) is 6.99. The van der Waals surface area contributed by atoms with Crippen LogP contribution in [0.2, 0.25) is 10.0 Å². The van der Waals surface area contributed by atoms with Crippen molar-refractivity contribution in [1.82, 2.24) is 0 Å². The molecule has 4 aromatic rings. The summed E-state index contributed by atoms with van der Waals surface area (Å²) in [5.41, 5.74) is 3.27. The van der Waals surface area contributed by atoms with Gasteiger partial charge in [0, 0.05) is 21.2 Å². The number of benzene rings is 4. The van der Waals surface area contributed by atoms with E-state index in [4.69, 9.17) is 33.4 Å².